The van der Waals surface area contributed by atoms with Crippen molar-refractivity contribution in [3.8, 4) is 0 Å². The highest BCUT2D eigenvalue weighted by atomic mass is 16.6. The Morgan fingerprint density at radius 1 is 1.29 bits per heavy atom. The monoisotopic (exact) mass is 335 g/mol. The summed E-state index contributed by atoms with van der Waals surface area (Å²) in [6.07, 6.45) is 0. The number of benzene rings is 1. The Kier molecular flexibility index (Phi) is 6.10. The summed E-state index contributed by atoms with van der Waals surface area (Å²) in [4.78, 5) is 29.3. The average Bonchev–Trinajstić information content (AvgIpc) is 2.54. The molecule has 8 nitrogen and oxygen atoms in total. The lowest BCUT2D eigenvalue weighted by atomic mass is 10.1. The lowest BCUT2D eigenvalue weighted by Gasteiger charge is -2.33. The van der Waals surface area contributed by atoms with E-state index in [1.165, 1.54) is 6.07 Å². The summed E-state index contributed by atoms with van der Waals surface area (Å²) in [7, 11) is 5.87. The van der Waals surface area contributed by atoms with Gasteiger partial charge in [-0.3, -0.25) is 14.9 Å². The molecule has 1 amide bonds. The number of carbonyl (C=O) groups is 1. The van der Waals surface area contributed by atoms with Gasteiger partial charge in [0.25, 0.3) is 11.6 Å². The molecule has 8 heteroatoms. The highest BCUT2D eigenvalue weighted by Gasteiger charge is 2.24. The first-order valence-corrected chi connectivity index (χ1v) is 8.03. The molecule has 0 bridgehead atoms. The van der Waals surface area contributed by atoms with E-state index in [0.717, 1.165) is 26.2 Å². The van der Waals surface area contributed by atoms with Crippen molar-refractivity contribution < 1.29 is 9.72 Å². The van der Waals surface area contributed by atoms with Crippen molar-refractivity contribution in [3.05, 3.63) is 33.9 Å². The molecule has 2 rings (SSSR count). The van der Waals surface area contributed by atoms with Crippen LogP contribution in [0.2, 0.25) is 0 Å². The van der Waals surface area contributed by atoms with Crippen molar-refractivity contribution in [3.63, 3.8) is 0 Å². The van der Waals surface area contributed by atoms with Crippen molar-refractivity contribution in [2.24, 2.45) is 0 Å². The van der Waals surface area contributed by atoms with Crippen LogP contribution in [0.15, 0.2) is 18.2 Å². The third-order valence-electron chi connectivity index (χ3n) is 4.12. The van der Waals surface area contributed by atoms with E-state index in [2.05, 4.69) is 10.2 Å². The van der Waals surface area contributed by atoms with Crippen LogP contribution in [0.3, 0.4) is 0 Å². The lowest BCUT2D eigenvalue weighted by molar-refractivity contribution is -0.384. The van der Waals surface area contributed by atoms with Crippen LogP contribution in [0, 0.1) is 10.1 Å². The Hall–Kier alpha value is -2.19. The van der Waals surface area contributed by atoms with E-state index < -0.39 is 4.92 Å². The van der Waals surface area contributed by atoms with Gasteiger partial charge in [0.2, 0.25) is 0 Å². The van der Waals surface area contributed by atoms with Crippen LogP contribution in [-0.2, 0) is 0 Å². The molecule has 1 aliphatic rings. The Morgan fingerprint density at radius 3 is 2.54 bits per heavy atom. The van der Waals surface area contributed by atoms with Crippen molar-refractivity contribution in [1.82, 2.24) is 15.1 Å². The zero-order valence-corrected chi connectivity index (χ0v) is 14.5. The van der Waals surface area contributed by atoms with Gasteiger partial charge in [0.15, 0.2) is 0 Å². The predicted octanol–water partition coefficient (Wildman–Crippen LogP) is 0.638. The average molecular weight is 335 g/mol. The van der Waals surface area contributed by atoms with Crippen molar-refractivity contribution in [2.75, 3.05) is 65.3 Å². The van der Waals surface area contributed by atoms with Crippen LogP contribution in [0.5, 0.6) is 0 Å². The fraction of sp³-hybridized carbons (Fsp3) is 0.562. The standard InChI is InChI=1S/C16H25N5O3/c1-18(2)7-6-17-16(22)13-4-5-14(15(12-13)21(23)24)20-10-8-19(3)9-11-20/h4-5,12H,6-11H2,1-3H3,(H,17,22). The Bertz CT molecular complexity index is 597. The molecule has 0 unspecified atom stereocenters. The normalized spacial score (nSPS) is 15.6. The summed E-state index contributed by atoms with van der Waals surface area (Å²) in [5.41, 5.74) is 0.885. The number of piperazine rings is 1. The minimum atomic E-state index is -0.412. The SMILES string of the molecule is CN(C)CCNC(=O)c1ccc(N2CCN(C)CC2)c([N+](=O)[O-])c1. The van der Waals surface area contributed by atoms with E-state index in [9.17, 15) is 14.9 Å². The molecule has 0 spiro atoms. The van der Waals surface area contributed by atoms with E-state index in [4.69, 9.17) is 0 Å². The summed E-state index contributed by atoms with van der Waals surface area (Å²) in [6, 6.07) is 4.72. The lowest BCUT2D eigenvalue weighted by Crippen LogP contribution is -2.44. The number of hydrogen-bond donors (Lipinski definition) is 1. The van der Waals surface area contributed by atoms with E-state index >= 15 is 0 Å². The van der Waals surface area contributed by atoms with Gasteiger partial charge in [0.1, 0.15) is 5.69 Å². The van der Waals surface area contributed by atoms with E-state index in [-0.39, 0.29) is 11.6 Å². The first-order valence-electron chi connectivity index (χ1n) is 8.03. The van der Waals surface area contributed by atoms with Gasteiger partial charge in [-0.1, -0.05) is 0 Å². The zero-order chi connectivity index (χ0) is 17.7. The summed E-state index contributed by atoms with van der Waals surface area (Å²) < 4.78 is 0. The molecule has 0 saturated carbocycles. The van der Waals surface area contributed by atoms with Gasteiger partial charge in [-0.2, -0.15) is 0 Å². The number of nitro groups is 1. The second-order valence-electron chi connectivity index (χ2n) is 6.31. The summed E-state index contributed by atoms with van der Waals surface area (Å²) in [5, 5.41) is 14.2. The van der Waals surface area contributed by atoms with E-state index in [1.807, 2.05) is 30.9 Å². The smallest absolute Gasteiger partial charge is 0.293 e. The number of nitro benzene ring substituents is 1. The quantitative estimate of drug-likeness (QED) is 0.607. The molecule has 1 aromatic rings. The molecule has 0 aromatic heterocycles. The minimum Gasteiger partial charge on any atom is -0.363 e. The number of hydrogen-bond acceptors (Lipinski definition) is 6. The maximum Gasteiger partial charge on any atom is 0.293 e. The van der Waals surface area contributed by atoms with Gasteiger partial charge in [0, 0.05) is 50.9 Å². The summed E-state index contributed by atoms with van der Waals surface area (Å²) in [5.74, 6) is -0.287. The molecule has 1 N–H and O–H groups in total. The number of carbonyl (C=O) groups excluding carboxylic acids is 1. The molecule has 1 aromatic carbocycles. The van der Waals surface area contributed by atoms with Gasteiger partial charge >= 0.3 is 0 Å². The molecular formula is C16H25N5O3. The summed E-state index contributed by atoms with van der Waals surface area (Å²) in [6.45, 7) is 4.43. The van der Waals surface area contributed by atoms with Gasteiger partial charge in [-0.05, 0) is 33.3 Å². The number of rotatable bonds is 6. The Labute approximate surface area is 142 Å². The number of anilines is 1. The molecular weight excluding hydrogens is 310 g/mol. The zero-order valence-electron chi connectivity index (χ0n) is 14.5. The van der Waals surface area contributed by atoms with Gasteiger partial charge in [0.05, 0.1) is 4.92 Å². The fourth-order valence-corrected chi connectivity index (χ4v) is 2.62. The first kappa shape index (κ1) is 18.2. The van der Waals surface area contributed by atoms with Crippen molar-refractivity contribution >= 4 is 17.3 Å². The topological polar surface area (TPSA) is 82.0 Å². The van der Waals surface area contributed by atoms with Crippen LogP contribution < -0.4 is 10.2 Å². The molecule has 1 saturated heterocycles. The van der Waals surface area contributed by atoms with Crippen LogP contribution in [-0.4, -0.2) is 81.0 Å². The third-order valence-corrected chi connectivity index (χ3v) is 4.12. The van der Waals surface area contributed by atoms with Gasteiger partial charge < -0.3 is 20.0 Å². The second-order valence-corrected chi connectivity index (χ2v) is 6.31. The molecule has 24 heavy (non-hydrogen) atoms. The Balaban J connectivity index is 2.14. The highest BCUT2D eigenvalue weighted by Crippen LogP contribution is 2.30. The van der Waals surface area contributed by atoms with Crippen LogP contribution in [0.25, 0.3) is 0 Å². The Morgan fingerprint density at radius 2 is 1.96 bits per heavy atom. The van der Waals surface area contributed by atoms with Crippen molar-refractivity contribution in [2.45, 2.75) is 0 Å². The largest absolute Gasteiger partial charge is 0.363 e. The van der Waals surface area contributed by atoms with Gasteiger partial charge in [-0.15, -0.1) is 0 Å². The summed E-state index contributed by atoms with van der Waals surface area (Å²) >= 11 is 0. The molecule has 0 radical (unpaired) electrons. The highest BCUT2D eigenvalue weighted by molar-refractivity contribution is 5.95. The number of nitrogens with one attached hydrogen (secondary N) is 1. The van der Waals surface area contributed by atoms with Crippen LogP contribution in [0.1, 0.15) is 10.4 Å². The van der Waals surface area contributed by atoms with Crippen LogP contribution >= 0.6 is 0 Å². The fourth-order valence-electron chi connectivity index (χ4n) is 2.62. The van der Waals surface area contributed by atoms with E-state index in [0.29, 0.717) is 24.3 Å². The van der Waals surface area contributed by atoms with Crippen molar-refractivity contribution in [1.29, 1.82) is 0 Å². The first-order chi connectivity index (χ1) is 11.4. The molecule has 0 atom stereocenters. The number of nitrogens with zero attached hydrogens (tertiary/aromatic N) is 4. The maximum absolute atomic E-state index is 12.2. The van der Waals surface area contributed by atoms with Gasteiger partial charge in [-0.25, -0.2) is 0 Å². The third kappa shape index (κ3) is 4.65. The minimum absolute atomic E-state index is 0.0141. The number of amides is 1. The second kappa shape index (κ2) is 8.07. The molecule has 1 fully saturated rings. The van der Waals surface area contributed by atoms with Crippen LogP contribution in [0.4, 0.5) is 11.4 Å². The molecule has 1 heterocycles. The maximum atomic E-state index is 12.2. The number of likely N-dealkylation sites (N-methyl/N-ethyl adjacent to an activating group) is 2. The molecule has 0 aliphatic carbocycles. The van der Waals surface area contributed by atoms with E-state index in [1.54, 1.807) is 12.1 Å². The molecule has 1 aliphatic heterocycles. The molecule has 132 valence electrons. The predicted molar refractivity (Wildman–Crippen MR) is 93.7 cm³/mol.